The Balaban J connectivity index is 1.37. The molecule has 6 rings (SSSR count). The van der Waals surface area contributed by atoms with Crippen LogP contribution in [-0.2, 0) is 13.1 Å². The largest absolute Gasteiger partial charge is 0.461 e. The predicted octanol–water partition coefficient (Wildman–Crippen LogP) is 4.45. The molecule has 2 saturated heterocycles. The number of amides is 1. The zero-order chi connectivity index (χ0) is 27.5. The van der Waals surface area contributed by atoms with Gasteiger partial charge in [-0.3, -0.25) is 14.4 Å². The Morgan fingerprint density at radius 3 is 2.87 bits per heavy atom. The number of anilines is 1. The summed E-state index contributed by atoms with van der Waals surface area (Å²) < 4.78 is 37.8. The molecule has 0 unspecified atom stereocenters. The van der Waals surface area contributed by atoms with Crippen LogP contribution in [0.4, 0.5) is 14.6 Å². The van der Waals surface area contributed by atoms with E-state index in [0.717, 1.165) is 19.4 Å². The molecule has 2 atom stereocenters. The number of hydrogen-bond acceptors (Lipinski definition) is 7. The maximum atomic E-state index is 15.3. The van der Waals surface area contributed by atoms with E-state index in [1.165, 1.54) is 4.90 Å². The van der Waals surface area contributed by atoms with Crippen LogP contribution in [0, 0.1) is 5.82 Å². The van der Waals surface area contributed by atoms with Gasteiger partial charge in [0.25, 0.3) is 5.91 Å². The topological polar surface area (TPSA) is 79.6 Å². The lowest BCUT2D eigenvalue weighted by Crippen LogP contribution is -2.43. The van der Waals surface area contributed by atoms with Gasteiger partial charge < -0.3 is 14.5 Å². The number of halogens is 4. The van der Waals surface area contributed by atoms with Crippen molar-refractivity contribution >= 4 is 50.2 Å². The van der Waals surface area contributed by atoms with Gasteiger partial charge in [0.1, 0.15) is 24.1 Å². The maximum absolute atomic E-state index is 15.3. The summed E-state index contributed by atoms with van der Waals surface area (Å²) in [6, 6.07) is 3.45. The first kappa shape index (κ1) is 26.6. The lowest BCUT2D eigenvalue weighted by atomic mass is 9.95. The SMILES string of the molecule is CN(C)C(=O)c1nn2c(c1Cl)CN(c1nc(OC[C@@]34CCCN3C[C@H](F)C4)nc3c(F)c(Br)ccc13)CCC2. The minimum Gasteiger partial charge on any atom is -0.461 e. The minimum absolute atomic E-state index is 0.0466. The van der Waals surface area contributed by atoms with Crippen molar-refractivity contribution in [2.24, 2.45) is 0 Å². The molecule has 2 fully saturated rings. The quantitative estimate of drug-likeness (QED) is 0.415. The van der Waals surface area contributed by atoms with Crippen molar-refractivity contribution in [2.45, 2.75) is 50.5 Å². The number of aromatic nitrogens is 4. The molecule has 3 aromatic rings. The highest BCUT2D eigenvalue weighted by Gasteiger charge is 2.49. The molecule has 0 bridgehead atoms. The van der Waals surface area contributed by atoms with Gasteiger partial charge in [-0.1, -0.05) is 11.6 Å². The summed E-state index contributed by atoms with van der Waals surface area (Å²) in [5.41, 5.74) is 0.637. The third kappa shape index (κ3) is 4.63. The van der Waals surface area contributed by atoms with Crippen molar-refractivity contribution in [3.63, 3.8) is 0 Å². The van der Waals surface area contributed by atoms with Crippen LogP contribution in [0.15, 0.2) is 16.6 Å². The van der Waals surface area contributed by atoms with Crippen LogP contribution < -0.4 is 9.64 Å². The van der Waals surface area contributed by atoms with E-state index < -0.39 is 12.0 Å². The van der Waals surface area contributed by atoms with Gasteiger partial charge in [-0.25, -0.2) is 8.78 Å². The van der Waals surface area contributed by atoms with Gasteiger partial charge in [0.05, 0.1) is 27.3 Å². The van der Waals surface area contributed by atoms with Crippen molar-refractivity contribution < 1.29 is 18.3 Å². The first-order chi connectivity index (χ1) is 18.7. The fraction of sp³-hybridized carbons (Fsp3) is 0.538. The Morgan fingerprint density at radius 1 is 1.26 bits per heavy atom. The van der Waals surface area contributed by atoms with E-state index in [-0.39, 0.29) is 39.7 Å². The second-order valence-corrected chi connectivity index (χ2v) is 12.0. The molecular formula is C26H29BrClF2N7O2. The zero-order valence-electron chi connectivity index (χ0n) is 21.8. The number of fused-ring (bicyclic) bond motifs is 3. The number of carbonyl (C=O) groups excluding carboxylic acids is 1. The highest BCUT2D eigenvalue weighted by molar-refractivity contribution is 9.10. The summed E-state index contributed by atoms with van der Waals surface area (Å²) in [7, 11) is 3.31. The summed E-state index contributed by atoms with van der Waals surface area (Å²) >= 11 is 9.94. The lowest BCUT2D eigenvalue weighted by Gasteiger charge is -2.31. The number of ether oxygens (including phenoxy) is 1. The average Bonchev–Trinajstić information content (AvgIpc) is 3.47. The summed E-state index contributed by atoms with van der Waals surface area (Å²) in [4.78, 5) is 27.4. The highest BCUT2D eigenvalue weighted by atomic mass is 79.9. The molecule has 1 amide bonds. The molecule has 3 aliphatic rings. The normalized spacial score (nSPS) is 23.1. The first-order valence-electron chi connectivity index (χ1n) is 13.1. The number of alkyl halides is 1. The molecule has 5 heterocycles. The number of nitrogens with zero attached hydrogens (tertiary/aromatic N) is 7. The van der Waals surface area contributed by atoms with Crippen LogP contribution in [0.2, 0.25) is 5.02 Å². The fourth-order valence-electron chi connectivity index (χ4n) is 6.07. The van der Waals surface area contributed by atoms with Crippen molar-refractivity contribution in [3.05, 3.63) is 38.8 Å². The highest BCUT2D eigenvalue weighted by Crippen LogP contribution is 2.41. The van der Waals surface area contributed by atoms with E-state index in [9.17, 15) is 9.18 Å². The summed E-state index contributed by atoms with van der Waals surface area (Å²) in [5, 5.41) is 5.31. The average molecular weight is 625 g/mol. The predicted molar refractivity (Wildman–Crippen MR) is 147 cm³/mol. The zero-order valence-corrected chi connectivity index (χ0v) is 24.1. The van der Waals surface area contributed by atoms with Crippen LogP contribution in [-0.4, -0.2) is 87.5 Å². The van der Waals surface area contributed by atoms with Gasteiger partial charge >= 0.3 is 6.01 Å². The standard InChI is InChI=1S/C26H29BrClF2N7O2/c1-34(2)24(38)22-19(28)18-13-35(8-4-10-37(18)33-22)23-16-5-6-17(27)20(30)21(16)31-25(32-23)39-14-26-7-3-9-36(26)12-15(29)11-26/h5-6,15H,3-4,7-14H2,1-2H3/t15-,26+/m1/s1. The molecule has 1 aromatic carbocycles. The van der Waals surface area contributed by atoms with Gasteiger partial charge in [0.2, 0.25) is 0 Å². The first-order valence-corrected chi connectivity index (χ1v) is 14.2. The Hall–Kier alpha value is -2.57. The Bertz CT molecular complexity index is 1450. The lowest BCUT2D eigenvalue weighted by molar-refractivity contribution is 0.0821. The van der Waals surface area contributed by atoms with Crippen LogP contribution in [0.3, 0.4) is 0 Å². The Kier molecular flexibility index (Phi) is 6.91. The molecule has 2 aromatic heterocycles. The molecule has 3 aliphatic heterocycles. The van der Waals surface area contributed by atoms with Crippen molar-refractivity contribution in [1.29, 1.82) is 0 Å². The van der Waals surface area contributed by atoms with Crippen LogP contribution >= 0.6 is 27.5 Å². The van der Waals surface area contributed by atoms with Gasteiger partial charge in [0, 0.05) is 45.5 Å². The number of aryl methyl sites for hydroxylation is 1. The van der Waals surface area contributed by atoms with Gasteiger partial charge in [-0.15, -0.1) is 0 Å². The van der Waals surface area contributed by atoms with Crippen molar-refractivity contribution in [3.8, 4) is 6.01 Å². The van der Waals surface area contributed by atoms with Gasteiger partial charge in [0.15, 0.2) is 11.5 Å². The van der Waals surface area contributed by atoms with E-state index in [4.69, 9.17) is 21.3 Å². The van der Waals surface area contributed by atoms with E-state index in [1.54, 1.807) is 30.9 Å². The monoisotopic (exact) mass is 623 g/mol. The summed E-state index contributed by atoms with van der Waals surface area (Å²) in [5.74, 6) is -0.281. The molecule has 208 valence electrons. The second-order valence-electron chi connectivity index (χ2n) is 10.8. The fourth-order valence-corrected chi connectivity index (χ4v) is 6.66. The van der Waals surface area contributed by atoms with Crippen molar-refractivity contribution in [1.82, 2.24) is 29.5 Å². The molecule has 9 nitrogen and oxygen atoms in total. The number of rotatable bonds is 5. The van der Waals surface area contributed by atoms with E-state index in [0.29, 0.717) is 60.9 Å². The van der Waals surface area contributed by atoms with E-state index >= 15 is 4.39 Å². The van der Waals surface area contributed by atoms with Crippen molar-refractivity contribution in [2.75, 3.05) is 45.2 Å². The summed E-state index contributed by atoms with van der Waals surface area (Å²) in [6.45, 7) is 2.98. The molecule has 13 heteroatoms. The third-order valence-electron chi connectivity index (χ3n) is 7.99. The Labute approximate surface area is 238 Å². The van der Waals surface area contributed by atoms with Gasteiger partial charge in [-0.2, -0.15) is 15.1 Å². The minimum atomic E-state index is -0.883. The smallest absolute Gasteiger partial charge is 0.319 e. The van der Waals surface area contributed by atoms with Gasteiger partial charge in [-0.05, 0) is 53.9 Å². The summed E-state index contributed by atoms with van der Waals surface area (Å²) in [6.07, 6.45) is 2.07. The molecule has 0 spiro atoms. The number of benzene rings is 1. The second kappa shape index (κ2) is 10.1. The molecular weight excluding hydrogens is 596 g/mol. The van der Waals surface area contributed by atoms with Crippen LogP contribution in [0.25, 0.3) is 10.9 Å². The molecule has 0 radical (unpaired) electrons. The van der Waals surface area contributed by atoms with E-state index in [2.05, 4.69) is 30.9 Å². The Morgan fingerprint density at radius 2 is 2.08 bits per heavy atom. The molecule has 0 N–H and O–H groups in total. The maximum Gasteiger partial charge on any atom is 0.319 e. The molecule has 39 heavy (non-hydrogen) atoms. The number of carbonyl (C=O) groups is 1. The van der Waals surface area contributed by atoms with Crippen LogP contribution in [0.1, 0.15) is 41.9 Å². The molecule has 0 saturated carbocycles. The molecule has 0 aliphatic carbocycles. The number of hydrogen-bond donors (Lipinski definition) is 0. The third-order valence-corrected chi connectivity index (χ3v) is 9.00. The van der Waals surface area contributed by atoms with E-state index in [1.807, 2.05) is 4.90 Å². The van der Waals surface area contributed by atoms with Crippen LogP contribution in [0.5, 0.6) is 6.01 Å².